The lowest BCUT2D eigenvalue weighted by atomic mass is 10.2. The topological polar surface area (TPSA) is 70.5 Å². The summed E-state index contributed by atoms with van der Waals surface area (Å²) in [6, 6.07) is 3.20. The molecule has 2 rings (SSSR count). The van der Waals surface area contributed by atoms with E-state index in [1.807, 2.05) is 0 Å². The van der Waals surface area contributed by atoms with Gasteiger partial charge in [-0.2, -0.15) is 12.6 Å². The van der Waals surface area contributed by atoms with E-state index in [9.17, 15) is 9.59 Å². The van der Waals surface area contributed by atoms with Crippen molar-refractivity contribution in [2.45, 2.75) is 11.7 Å². The standard InChI is InChI=1S/C10H10N2O3S/c13-8-4-6(16)5-12(8)7-2-1-3-11-9(7)10(14)15/h1-3,6,16H,4-5H2,(H,14,15). The monoisotopic (exact) mass is 238 g/mol. The number of anilines is 1. The van der Waals surface area contributed by atoms with Crippen LogP contribution in [0.2, 0.25) is 0 Å². The third-order valence-electron chi connectivity index (χ3n) is 2.38. The molecule has 1 saturated heterocycles. The summed E-state index contributed by atoms with van der Waals surface area (Å²) in [5.41, 5.74) is 0.245. The minimum Gasteiger partial charge on any atom is -0.476 e. The first-order valence-electron chi connectivity index (χ1n) is 4.76. The second kappa shape index (κ2) is 4.13. The number of carboxylic acids is 1. The van der Waals surface area contributed by atoms with Gasteiger partial charge in [-0.05, 0) is 12.1 Å². The van der Waals surface area contributed by atoms with Crippen LogP contribution in [0.3, 0.4) is 0 Å². The molecule has 1 aliphatic rings. The number of hydrogen-bond donors (Lipinski definition) is 2. The number of rotatable bonds is 2. The molecule has 2 heterocycles. The van der Waals surface area contributed by atoms with Crippen molar-refractivity contribution < 1.29 is 14.7 Å². The fraction of sp³-hybridized carbons (Fsp3) is 0.300. The summed E-state index contributed by atoms with van der Waals surface area (Å²) in [7, 11) is 0. The van der Waals surface area contributed by atoms with Gasteiger partial charge >= 0.3 is 5.97 Å². The maximum absolute atomic E-state index is 11.6. The average Bonchev–Trinajstić information content (AvgIpc) is 2.57. The van der Waals surface area contributed by atoms with Gasteiger partial charge in [0, 0.05) is 24.4 Å². The summed E-state index contributed by atoms with van der Waals surface area (Å²) in [6.07, 6.45) is 1.72. The lowest BCUT2D eigenvalue weighted by molar-refractivity contribution is -0.117. The summed E-state index contributed by atoms with van der Waals surface area (Å²) in [6.45, 7) is 0.425. The second-order valence-corrected chi connectivity index (χ2v) is 4.27. The molecule has 1 amide bonds. The van der Waals surface area contributed by atoms with Crippen LogP contribution >= 0.6 is 12.6 Å². The van der Waals surface area contributed by atoms with E-state index in [4.69, 9.17) is 5.11 Å². The van der Waals surface area contributed by atoms with E-state index >= 15 is 0 Å². The molecule has 6 heteroatoms. The van der Waals surface area contributed by atoms with E-state index in [-0.39, 0.29) is 16.9 Å². The van der Waals surface area contributed by atoms with E-state index in [1.165, 1.54) is 11.1 Å². The van der Waals surface area contributed by atoms with Crippen molar-refractivity contribution in [1.29, 1.82) is 0 Å². The first-order chi connectivity index (χ1) is 7.59. The molecular weight excluding hydrogens is 228 g/mol. The van der Waals surface area contributed by atoms with Crippen molar-refractivity contribution in [2.75, 3.05) is 11.4 Å². The molecule has 1 N–H and O–H groups in total. The predicted molar refractivity (Wildman–Crippen MR) is 60.9 cm³/mol. The Morgan fingerprint density at radius 3 is 2.94 bits per heavy atom. The van der Waals surface area contributed by atoms with E-state index in [0.717, 1.165) is 0 Å². The van der Waals surface area contributed by atoms with E-state index in [1.54, 1.807) is 12.1 Å². The van der Waals surface area contributed by atoms with Gasteiger partial charge in [-0.3, -0.25) is 4.79 Å². The molecule has 0 radical (unpaired) electrons. The minimum absolute atomic E-state index is 0.0469. The maximum atomic E-state index is 11.6. The lowest BCUT2D eigenvalue weighted by Gasteiger charge is -2.17. The molecule has 1 aliphatic heterocycles. The smallest absolute Gasteiger partial charge is 0.356 e. The Morgan fingerprint density at radius 2 is 2.38 bits per heavy atom. The fourth-order valence-electron chi connectivity index (χ4n) is 1.70. The Labute approximate surface area is 97.5 Å². The van der Waals surface area contributed by atoms with Gasteiger partial charge in [0.2, 0.25) is 5.91 Å². The van der Waals surface area contributed by atoms with Crippen molar-refractivity contribution in [3.8, 4) is 0 Å². The number of thiol groups is 1. The summed E-state index contributed by atoms with van der Waals surface area (Å²) in [5, 5.41) is 8.91. The largest absolute Gasteiger partial charge is 0.476 e. The summed E-state index contributed by atoms with van der Waals surface area (Å²) in [5.74, 6) is -1.25. The van der Waals surface area contributed by atoms with Crippen molar-refractivity contribution in [2.24, 2.45) is 0 Å². The molecule has 0 bridgehead atoms. The zero-order chi connectivity index (χ0) is 11.7. The Bertz CT molecular complexity index is 449. The highest BCUT2D eigenvalue weighted by Crippen LogP contribution is 2.26. The van der Waals surface area contributed by atoms with Crippen LogP contribution in [0.1, 0.15) is 16.9 Å². The van der Waals surface area contributed by atoms with Crippen LogP contribution in [0, 0.1) is 0 Å². The third kappa shape index (κ3) is 1.88. The molecular formula is C10H10N2O3S. The Kier molecular flexibility index (Phi) is 2.82. The van der Waals surface area contributed by atoms with E-state index in [0.29, 0.717) is 18.7 Å². The minimum atomic E-state index is -1.13. The quantitative estimate of drug-likeness (QED) is 0.748. The molecule has 5 nitrogen and oxygen atoms in total. The van der Waals surface area contributed by atoms with Crippen LogP contribution in [0.15, 0.2) is 18.3 Å². The zero-order valence-corrected chi connectivity index (χ0v) is 9.22. The summed E-state index contributed by atoms with van der Waals surface area (Å²) >= 11 is 4.22. The number of carbonyl (C=O) groups is 2. The van der Waals surface area contributed by atoms with Crippen LogP contribution in [0.25, 0.3) is 0 Å². The fourth-order valence-corrected chi connectivity index (χ4v) is 2.02. The van der Waals surface area contributed by atoms with Gasteiger partial charge in [0.1, 0.15) is 0 Å². The van der Waals surface area contributed by atoms with Gasteiger partial charge in [-0.15, -0.1) is 0 Å². The Morgan fingerprint density at radius 1 is 1.62 bits per heavy atom. The molecule has 1 aromatic rings. The number of nitrogens with zero attached hydrogens (tertiary/aromatic N) is 2. The van der Waals surface area contributed by atoms with Gasteiger partial charge in [0.25, 0.3) is 0 Å². The highest BCUT2D eigenvalue weighted by Gasteiger charge is 2.31. The maximum Gasteiger partial charge on any atom is 0.356 e. The molecule has 84 valence electrons. The van der Waals surface area contributed by atoms with Crippen LogP contribution in [-0.2, 0) is 4.79 Å². The molecule has 0 spiro atoms. The molecule has 0 aliphatic carbocycles. The summed E-state index contributed by atoms with van der Waals surface area (Å²) < 4.78 is 0. The molecule has 0 aromatic carbocycles. The molecule has 1 atom stereocenters. The van der Waals surface area contributed by atoms with Crippen LogP contribution in [-0.4, -0.2) is 33.8 Å². The number of carboxylic acid groups (broad SMARTS) is 1. The zero-order valence-electron chi connectivity index (χ0n) is 8.33. The van der Waals surface area contributed by atoms with Crippen molar-refractivity contribution >= 4 is 30.2 Å². The molecule has 16 heavy (non-hydrogen) atoms. The van der Waals surface area contributed by atoms with Crippen LogP contribution in [0.5, 0.6) is 0 Å². The number of hydrogen-bond acceptors (Lipinski definition) is 4. The molecule has 1 fully saturated rings. The summed E-state index contributed by atoms with van der Waals surface area (Å²) in [4.78, 5) is 27.8. The average molecular weight is 238 g/mol. The van der Waals surface area contributed by atoms with Crippen LogP contribution in [0.4, 0.5) is 5.69 Å². The molecule has 0 saturated carbocycles. The van der Waals surface area contributed by atoms with Gasteiger partial charge in [-0.25, -0.2) is 9.78 Å². The molecule has 1 aromatic heterocycles. The van der Waals surface area contributed by atoms with Crippen LogP contribution < -0.4 is 4.90 Å². The number of aromatic nitrogens is 1. The van der Waals surface area contributed by atoms with E-state index in [2.05, 4.69) is 17.6 Å². The Hall–Kier alpha value is -1.56. The molecule has 1 unspecified atom stereocenters. The first kappa shape index (κ1) is 10.9. The van der Waals surface area contributed by atoms with E-state index < -0.39 is 5.97 Å². The number of pyridine rings is 1. The van der Waals surface area contributed by atoms with Gasteiger partial charge in [-0.1, -0.05) is 0 Å². The SMILES string of the molecule is O=C(O)c1ncccc1N1CC(S)CC1=O. The van der Waals surface area contributed by atoms with Crippen molar-refractivity contribution in [3.63, 3.8) is 0 Å². The normalized spacial score (nSPS) is 20.2. The highest BCUT2D eigenvalue weighted by molar-refractivity contribution is 7.81. The van der Waals surface area contributed by atoms with Crippen molar-refractivity contribution in [3.05, 3.63) is 24.0 Å². The third-order valence-corrected chi connectivity index (χ3v) is 2.73. The Balaban J connectivity index is 2.40. The number of amides is 1. The number of carbonyl (C=O) groups excluding carboxylic acids is 1. The highest BCUT2D eigenvalue weighted by atomic mass is 32.1. The van der Waals surface area contributed by atoms with Gasteiger partial charge in [0.15, 0.2) is 5.69 Å². The van der Waals surface area contributed by atoms with Gasteiger partial charge < -0.3 is 10.0 Å². The lowest BCUT2D eigenvalue weighted by Crippen LogP contribution is -2.27. The van der Waals surface area contributed by atoms with Gasteiger partial charge in [0.05, 0.1) is 5.69 Å². The first-order valence-corrected chi connectivity index (χ1v) is 5.28. The second-order valence-electron chi connectivity index (χ2n) is 3.54. The predicted octanol–water partition coefficient (Wildman–Crippen LogP) is 0.815. The number of aromatic carboxylic acids is 1. The van der Waals surface area contributed by atoms with Crippen molar-refractivity contribution in [1.82, 2.24) is 4.98 Å².